The van der Waals surface area contributed by atoms with E-state index in [2.05, 4.69) is 0 Å². The van der Waals surface area contributed by atoms with Gasteiger partial charge in [0, 0.05) is 18.6 Å². The van der Waals surface area contributed by atoms with Gasteiger partial charge in [-0.15, -0.1) is 0 Å². The molecule has 0 aromatic heterocycles. The molecule has 0 saturated heterocycles. The van der Waals surface area contributed by atoms with Crippen molar-refractivity contribution in [2.24, 2.45) is 5.73 Å². The highest BCUT2D eigenvalue weighted by Crippen LogP contribution is 2.38. The summed E-state index contributed by atoms with van der Waals surface area (Å²) in [6, 6.07) is 11.9. The molecule has 0 aliphatic carbocycles. The van der Waals surface area contributed by atoms with Crippen LogP contribution < -0.4 is 15.2 Å². The predicted octanol–water partition coefficient (Wildman–Crippen LogP) is 2.01. The fraction of sp³-hybridized carbons (Fsp3) is 0.294. The van der Waals surface area contributed by atoms with E-state index in [0.29, 0.717) is 23.5 Å². The zero-order valence-corrected chi connectivity index (χ0v) is 12.7. The lowest BCUT2D eigenvalue weighted by atomic mass is 9.95. The second kappa shape index (κ2) is 7.15. The zero-order chi connectivity index (χ0) is 16.1. The number of ether oxygens (including phenoxy) is 2. The van der Waals surface area contributed by atoms with E-state index in [1.807, 2.05) is 30.3 Å². The smallest absolute Gasteiger partial charge is 0.131 e. The SMILES string of the molecule is COc1cc(O)c([C@@H](N)[C@@H](O)Cc2ccccc2)c(OC)c1. The molecule has 22 heavy (non-hydrogen) atoms. The zero-order valence-electron chi connectivity index (χ0n) is 12.7. The molecule has 0 spiro atoms. The van der Waals surface area contributed by atoms with Gasteiger partial charge < -0.3 is 25.4 Å². The van der Waals surface area contributed by atoms with Crippen LogP contribution in [0.4, 0.5) is 0 Å². The molecule has 2 aromatic carbocycles. The van der Waals surface area contributed by atoms with Gasteiger partial charge in [0.2, 0.25) is 0 Å². The number of aliphatic hydroxyl groups is 1. The van der Waals surface area contributed by atoms with Crippen LogP contribution in [0.5, 0.6) is 17.2 Å². The second-order valence-electron chi connectivity index (χ2n) is 5.05. The average Bonchev–Trinajstić information content (AvgIpc) is 2.54. The summed E-state index contributed by atoms with van der Waals surface area (Å²) < 4.78 is 10.3. The summed E-state index contributed by atoms with van der Waals surface area (Å²) in [6.45, 7) is 0. The van der Waals surface area contributed by atoms with Crippen LogP contribution >= 0.6 is 0 Å². The number of nitrogens with two attached hydrogens (primary N) is 1. The first-order valence-electron chi connectivity index (χ1n) is 6.99. The number of aliphatic hydroxyl groups excluding tert-OH is 1. The molecule has 0 aliphatic heterocycles. The number of phenolic OH excluding ortho intramolecular Hbond substituents is 1. The van der Waals surface area contributed by atoms with Crippen LogP contribution in [0.2, 0.25) is 0 Å². The van der Waals surface area contributed by atoms with Crippen LogP contribution in [0.1, 0.15) is 17.2 Å². The molecule has 0 unspecified atom stereocenters. The number of hydrogen-bond acceptors (Lipinski definition) is 5. The lowest BCUT2D eigenvalue weighted by molar-refractivity contribution is 0.142. The molecular formula is C17H21NO4. The van der Waals surface area contributed by atoms with Crippen molar-refractivity contribution in [2.45, 2.75) is 18.6 Å². The van der Waals surface area contributed by atoms with Crippen LogP contribution in [0.3, 0.4) is 0 Å². The summed E-state index contributed by atoms with van der Waals surface area (Å²) in [5, 5.41) is 20.5. The number of aromatic hydroxyl groups is 1. The quantitative estimate of drug-likeness (QED) is 0.760. The minimum Gasteiger partial charge on any atom is -0.507 e. The summed E-state index contributed by atoms with van der Waals surface area (Å²) in [5.74, 6) is 0.787. The van der Waals surface area contributed by atoms with Crippen molar-refractivity contribution < 1.29 is 19.7 Å². The first kappa shape index (κ1) is 16.1. The summed E-state index contributed by atoms with van der Waals surface area (Å²) in [6.07, 6.45) is -0.466. The van der Waals surface area contributed by atoms with Gasteiger partial charge in [0.15, 0.2) is 0 Å². The van der Waals surface area contributed by atoms with Gasteiger partial charge in [0.25, 0.3) is 0 Å². The fourth-order valence-corrected chi connectivity index (χ4v) is 2.38. The maximum Gasteiger partial charge on any atom is 0.131 e. The number of methoxy groups -OCH3 is 2. The maximum absolute atomic E-state index is 10.4. The minimum absolute atomic E-state index is 0.0594. The van der Waals surface area contributed by atoms with Gasteiger partial charge in [0.1, 0.15) is 17.2 Å². The molecule has 2 aromatic rings. The van der Waals surface area contributed by atoms with Crippen molar-refractivity contribution in [1.82, 2.24) is 0 Å². The van der Waals surface area contributed by atoms with E-state index in [4.69, 9.17) is 15.2 Å². The van der Waals surface area contributed by atoms with Crippen LogP contribution in [-0.2, 0) is 6.42 Å². The van der Waals surface area contributed by atoms with Crippen LogP contribution in [0.15, 0.2) is 42.5 Å². The van der Waals surface area contributed by atoms with Crippen molar-refractivity contribution in [3.8, 4) is 17.2 Å². The third-order valence-electron chi connectivity index (χ3n) is 3.58. The maximum atomic E-state index is 10.4. The fourth-order valence-electron chi connectivity index (χ4n) is 2.38. The Bertz CT molecular complexity index is 616. The number of benzene rings is 2. The lowest BCUT2D eigenvalue weighted by Gasteiger charge is -2.22. The van der Waals surface area contributed by atoms with Crippen molar-refractivity contribution in [2.75, 3.05) is 14.2 Å². The van der Waals surface area contributed by atoms with Gasteiger partial charge in [-0.2, -0.15) is 0 Å². The molecule has 2 rings (SSSR count). The molecule has 0 amide bonds. The third kappa shape index (κ3) is 3.50. The largest absolute Gasteiger partial charge is 0.507 e. The molecule has 0 fully saturated rings. The molecule has 0 radical (unpaired) electrons. The summed E-state index contributed by atoms with van der Waals surface area (Å²) in [7, 11) is 2.98. The van der Waals surface area contributed by atoms with Crippen molar-refractivity contribution in [3.63, 3.8) is 0 Å². The molecule has 0 saturated carbocycles. The average molecular weight is 303 g/mol. The molecule has 4 N–H and O–H groups in total. The van der Waals surface area contributed by atoms with Gasteiger partial charge in [0.05, 0.1) is 31.9 Å². The van der Waals surface area contributed by atoms with E-state index in [9.17, 15) is 10.2 Å². The Hall–Kier alpha value is -2.24. The monoisotopic (exact) mass is 303 g/mol. The predicted molar refractivity (Wildman–Crippen MR) is 84.3 cm³/mol. The van der Waals surface area contributed by atoms with E-state index in [1.165, 1.54) is 20.3 Å². The number of phenols is 1. The Kier molecular flexibility index (Phi) is 5.25. The first-order valence-corrected chi connectivity index (χ1v) is 6.99. The molecule has 0 bridgehead atoms. The topological polar surface area (TPSA) is 84.9 Å². The molecule has 0 aliphatic rings. The van der Waals surface area contributed by atoms with Crippen molar-refractivity contribution in [1.29, 1.82) is 0 Å². The molecule has 5 nitrogen and oxygen atoms in total. The van der Waals surface area contributed by atoms with Crippen LogP contribution in [0, 0.1) is 0 Å². The van der Waals surface area contributed by atoms with Gasteiger partial charge in [-0.1, -0.05) is 30.3 Å². The summed E-state index contributed by atoms with van der Waals surface area (Å²) >= 11 is 0. The Morgan fingerprint density at radius 2 is 1.77 bits per heavy atom. The van der Waals surface area contributed by atoms with E-state index in [-0.39, 0.29) is 5.75 Å². The summed E-state index contributed by atoms with van der Waals surface area (Å²) in [5.41, 5.74) is 7.46. The van der Waals surface area contributed by atoms with E-state index < -0.39 is 12.1 Å². The highest BCUT2D eigenvalue weighted by Gasteiger charge is 2.25. The highest BCUT2D eigenvalue weighted by molar-refractivity contribution is 5.52. The number of rotatable bonds is 6. The number of hydrogen-bond donors (Lipinski definition) is 3. The van der Waals surface area contributed by atoms with Gasteiger partial charge in [-0.05, 0) is 5.56 Å². The molecule has 2 atom stereocenters. The van der Waals surface area contributed by atoms with Crippen molar-refractivity contribution in [3.05, 3.63) is 53.6 Å². The Morgan fingerprint density at radius 1 is 1.09 bits per heavy atom. The molecule has 5 heteroatoms. The lowest BCUT2D eigenvalue weighted by Crippen LogP contribution is -2.28. The molecule has 0 heterocycles. The Balaban J connectivity index is 2.26. The summed E-state index contributed by atoms with van der Waals surface area (Å²) in [4.78, 5) is 0. The molecular weight excluding hydrogens is 282 g/mol. The highest BCUT2D eigenvalue weighted by atomic mass is 16.5. The van der Waals surface area contributed by atoms with Crippen molar-refractivity contribution >= 4 is 0 Å². The van der Waals surface area contributed by atoms with Gasteiger partial charge >= 0.3 is 0 Å². The van der Waals surface area contributed by atoms with Gasteiger partial charge in [-0.25, -0.2) is 0 Å². The Morgan fingerprint density at radius 3 is 2.36 bits per heavy atom. The van der Waals surface area contributed by atoms with Gasteiger partial charge in [-0.3, -0.25) is 0 Å². The third-order valence-corrected chi connectivity index (χ3v) is 3.58. The van der Waals surface area contributed by atoms with E-state index >= 15 is 0 Å². The minimum atomic E-state index is -0.851. The standard InChI is InChI=1S/C17H21NO4/c1-21-12-9-13(19)16(15(10-12)22-2)17(18)14(20)8-11-6-4-3-5-7-11/h3-7,9-10,14,17,19-20H,8,18H2,1-2H3/t14-,17-/m0/s1. The van der Waals surface area contributed by atoms with E-state index in [0.717, 1.165) is 5.56 Å². The van der Waals surface area contributed by atoms with Crippen LogP contribution in [-0.4, -0.2) is 30.5 Å². The Labute approximate surface area is 129 Å². The molecule has 118 valence electrons. The first-order chi connectivity index (χ1) is 10.6. The van der Waals surface area contributed by atoms with E-state index in [1.54, 1.807) is 6.07 Å². The van der Waals surface area contributed by atoms with Crippen LogP contribution in [0.25, 0.3) is 0 Å². The normalized spacial score (nSPS) is 13.5. The second-order valence-corrected chi connectivity index (χ2v) is 5.05.